The molecule has 0 saturated heterocycles. The number of nitrogens with two attached hydrogens (primary N) is 1. The van der Waals surface area contributed by atoms with Crippen LogP contribution in [0.25, 0.3) is 0 Å². The van der Waals surface area contributed by atoms with E-state index in [1.165, 1.54) is 0 Å². The van der Waals surface area contributed by atoms with Gasteiger partial charge in [-0.05, 0) is 13.8 Å². The molecule has 1 unspecified atom stereocenters. The zero-order valence-electron chi connectivity index (χ0n) is 10.9. The SMILES string of the molecule is Cc1cc(N(C)C(C)CN)nc(C(C)C)n1. The van der Waals surface area contributed by atoms with Crippen molar-refractivity contribution < 1.29 is 0 Å². The highest BCUT2D eigenvalue weighted by atomic mass is 15.2. The van der Waals surface area contributed by atoms with E-state index in [0.29, 0.717) is 12.5 Å². The van der Waals surface area contributed by atoms with Crippen LogP contribution < -0.4 is 10.6 Å². The first-order valence-corrected chi connectivity index (χ1v) is 5.74. The average molecular weight is 222 g/mol. The molecule has 0 radical (unpaired) electrons. The van der Waals surface area contributed by atoms with E-state index < -0.39 is 0 Å². The molecule has 0 spiro atoms. The van der Waals surface area contributed by atoms with Crippen LogP contribution in [0.1, 0.15) is 38.2 Å². The van der Waals surface area contributed by atoms with Gasteiger partial charge in [0.15, 0.2) is 0 Å². The molecular formula is C12H22N4. The fourth-order valence-electron chi connectivity index (χ4n) is 1.40. The average Bonchev–Trinajstić information content (AvgIpc) is 2.26. The number of aromatic nitrogens is 2. The maximum atomic E-state index is 5.66. The van der Waals surface area contributed by atoms with Crippen molar-refractivity contribution in [3.63, 3.8) is 0 Å². The number of hydrogen-bond acceptors (Lipinski definition) is 4. The van der Waals surface area contributed by atoms with Crippen LogP contribution in [0.2, 0.25) is 0 Å². The minimum atomic E-state index is 0.286. The van der Waals surface area contributed by atoms with Crippen molar-refractivity contribution in [2.75, 3.05) is 18.5 Å². The number of rotatable bonds is 4. The van der Waals surface area contributed by atoms with Gasteiger partial charge in [0.05, 0.1) is 0 Å². The van der Waals surface area contributed by atoms with Gasteiger partial charge < -0.3 is 10.6 Å². The molecule has 0 bridgehead atoms. The number of aryl methyl sites for hydroxylation is 1. The molecule has 1 atom stereocenters. The molecular weight excluding hydrogens is 200 g/mol. The predicted molar refractivity (Wildman–Crippen MR) is 67.8 cm³/mol. The van der Waals surface area contributed by atoms with Gasteiger partial charge in [-0.15, -0.1) is 0 Å². The molecule has 16 heavy (non-hydrogen) atoms. The number of anilines is 1. The van der Waals surface area contributed by atoms with Crippen LogP contribution in [0, 0.1) is 6.92 Å². The monoisotopic (exact) mass is 222 g/mol. The lowest BCUT2D eigenvalue weighted by atomic mass is 10.2. The summed E-state index contributed by atoms with van der Waals surface area (Å²) in [4.78, 5) is 11.1. The lowest BCUT2D eigenvalue weighted by Gasteiger charge is -2.25. The van der Waals surface area contributed by atoms with Crippen LogP contribution in [0.5, 0.6) is 0 Å². The third-order valence-electron chi connectivity index (χ3n) is 2.74. The van der Waals surface area contributed by atoms with Gasteiger partial charge in [0, 0.05) is 37.3 Å². The Morgan fingerprint density at radius 3 is 2.44 bits per heavy atom. The summed E-state index contributed by atoms with van der Waals surface area (Å²) in [6.45, 7) is 8.91. The Morgan fingerprint density at radius 1 is 1.31 bits per heavy atom. The van der Waals surface area contributed by atoms with E-state index in [1.54, 1.807) is 0 Å². The first-order valence-electron chi connectivity index (χ1n) is 5.74. The highest BCUT2D eigenvalue weighted by molar-refractivity contribution is 5.40. The quantitative estimate of drug-likeness (QED) is 0.842. The van der Waals surface area contributed by atoms with Crippen LogP contribution in [0.3, 0.4) is 0 Å². The maximum Gasteiger partial charge on any atom is 0.133 e. The fourth-order valence-corrected chi connectivity index (χ4v) is 1.40. The molecule has 4 heteroatoms. The zero-order chi connectivity index (χ0) is 12.3. The van der Waals surface area contributed by atoms with E-state index in [-0.39, 0.29) is 6.04 Å². The van der Waals surface area contributed by atoms with Crippen molar-refractivity contribution in [1.82, 2.24) is 9.97 Å². The van der Waals surface area contributed by atoms with Crippen LogP contribution in [-0.4, -0.2) is 29.6 Å². The van der Waals surface area contributed by atoms with Crippen molar-refractivity contribution >= 4 is 5.82 Å². The van der Waals surface area contributed by atoms with Crippen LogP contribution in [-0.2, 0) is 0 Å². The Bertz CT molecular complexity index is 349. The van der Waals surface area contributed by atoms with E-state index in [0.717, 1.165) is 17.3 Å². The molecule has 90 valence electrons. The minimum absolute atomic E-state index is 0.286. The Morgan fingerprint density at radius 2 is 1.94 bits per heavy atom. The fraction of sp³-hybridized carbons (Fsp3) is 0.667. The van der Waals surface area contributed by atoms with Gasteiger partial charge in [-0.1, -0.05) is 13.8 Å². The molecule has 1 heterocycles. The van der Waals surface area contributed by atoms with Crippen molar-refractivity contribution in [3.05, 3.63) is 17.6 Å². The van der Waals surface area contributed by atoms with Gasteiger partial charge in [0.1, 0.15) is 11.6 Å². The van der Waals surface area contributed by atoms with Crippen molar-refractivity contribution in [1.29, 1.82) is 0 Å². The van der Waals surface area contributed by atoms with Gasteiger partial charge in [0.2, 0.25) is 0 Å². The number of nitrogens with zero attached hydrogens (tertiary/aromatic N) is 3. The third kappa shape index (κ3) is 2.92. The summed E-state index contributed by atoms with van der Waals surface area (Å²) in [6.07, 6.45) is 0. The summed E-state index contributed by atoms with van der Waals surface area (Å²) in [6, 6.07) is 2.28. The Balaban J connectivity index is 3.04. The summed E-state index contributed by atoms with van der Waals surface area (Å²) in [7, 11) is 2.02. The second-order valence-electron chi connectivity index (χ2n) is 4.58. The largest absolute Gasteiger partial charge is 0.356 e. The molecule has 1 aromatic heterocycles. The topological polar surface area (TPSA) is 55.0 Å². The molecule has 4 nitrogen and oxygen atoms in total. The second kappa shape index (κ2) is 5.25. The van der Waals surface area contributed by atoms with Crippen LogP contribution in [0.4, 0.5) is 5.82 Å². The molecule has 0 aliphatic heterocycles. The molecule has 0 aromatic carbocycles. The van der Waals surface area contributed by atoms with E-state index in [4.69, 9.17) is 5.73 Å². The van der Waals surface area contributed by atoms with Crippen molar-refractivity contribution in [2.24, 2.45) is 5.73 Å². The maximum absolute atomic E-state index is 5.66. The lowest BCUT2D eigenvalue weighted by molar-refractivity contribution is 0.675. The van der Waals surface area contributed by atoms with E-state index in [2.05, 4.69) is 35.6 Å². The Hall–Kier alpha value is -1.16. The van der Waals surface area contributed by atoms with Crippen molar-refractivity contribution in [3.8, 4) is 0 Å². The van der Waals surface area contributed by atoms with Crippen LogP contribution in [0.15, 0.2) is 6.07 Å². The summed E-state index contributed by atoms with van der Waals surface area (Å²) < 4.78 is 0. The molecule has 0 aliphatic rings. The summed E-state index contributed by atoms with van der Waals surface area (Å²) in [5, 5.41) is 0. The number of likely N-dealkylation sites (N-methyl/N-ethyl adjacent to an activating group) is 1. The van der Waals surface area contributed by atoms with Crippen LogP contribution >= 0.6 is 0 Å². The van der Waals surface area contributed by atoms with E-state index >= 15 is 0 Å². The van der Waals surface area contributed by atoms with Crippen molar-refractivity contribution in [2.45, 2.75) is 39.7 Å². The normalized spacial score (nSPS) is 12.9. The summed E-state index contributed by atoms with van der Waals surface area (Å²) >= 11 is 0. The van der Waals surface area contributed by atoms with E-state index in [1.807, 2.05) is 20.0 Å². The Kier molecular flexibility index (Phi) is 4.24. The molecule has 0 aliphatic carbocycles. The highest BCUT2D eigenvalue weighted by Gasteiger charge is 2.12. The lowest BCUT2D eigenvalue weighted by Crippen LogP contribution is -2.36. The first-order chi connectivity index (χ1) is 7.45. The van der Waals surface area contributed by atoms with Gasteiger partial charge in [0.25, 0.3) is 0 Å². The van der Waals surface area contributed by atoms with Gasteiger partial charge in [-0.25, -0.2) is 9.97 Å². The predicted octanol–water partition coefficient (Wildman–Crippen LogP) is 1.69. The standard InChI is InChI=1S/C12H22N4/c1-8(2)12-14-9(3)6-11(15-12)16(5)10(4)7-13/h6,8,10H,7,13H2,1-5H3. The summed E-state index contributed by atoms with van der Waals surface area (Å²) in [5.74, 6) is 2.19. The molecule has 0 saturated carbocycles. The molecule has 0 fully saturated rings. The molecule has 1 rings (SSSR count). The Labute approximate surface area is 97.9 Å². The molecule has 1 aromatic rings. The number of hydrogen-bond donors (Lipinski definition) is 1. The van der Waals surface area contributed by atoms with Gasteiger partial charge in [-0.2, -0.15) is 0 Å². The van der Waals surface area contributed by atoms with Gasteiger partial charge in [-0.3, -0.25) is 0 Å². The van der Waals surface area contributed by atoms with Gasteiger partial charge >= 0.3 is 0 Å². The first kappa shape index (κ1) is 12.9. The smallest absolute Gasteiger partial charge is 0.133 e. The summed E-state index contributed by atoms with van der Waals surface area (Å²) in [5.41, 5.74) is 6.67. The second-order valence-corrected chi connectivity index (χ2v) is 4.58. The molecule has 2 N–H and O–H groups in total. The minimum Gasteiger partial charge on any atom is -0.356 e. The van der Waals surface area contributed by atoms with E-state index in [9.17, 15) is 0 Å². The third-order valence-corrected chi connectivity index (χ3v) is 2.74. The molecule has 0 amide bonds. The zero-order valence-corrected chi connectivity index (χ0v) is 10.9. The highest BCUT2D eigenvalue weighted by Crippen LogP contribution is 2.17.